The second-order valence-corrected chi connectivity index (χ2v) is 6.55. The largest absolute Gasteiger partial charge is 0.493 e. The molecule has 3 fully saturated rings. The Balaban J connectivity index is 1.62. The highest BCUT2D eigenvalue weighted by atomic mass is 35.5. The molecule has 0 spiro atoms. The van der Waals surface area contributed by atoms with Gasteiger partial charge >= 0.3 is 6.03 Å². The maximum absolute atomic E-state index is 12.6. The highest BCUT2D eigenvalue weighted by Gasteiger charge is 2.31. The summed E-state index contributed by atoms with van der Waals surface area (Å²) in [4.78, 5) is 17.0. The molecule has 1 N–H and O–H groups in total. The number of nitrogens with one attached hydrogen (secondary N) is 1. The fraction of sp³-hybridized carbons (Fsp3) is 0.588. The van der Waals surface area contributed by atoms with E-state index in [0.717, 1.165) is 50.3 Å². The molecule has 1 aromatic carbocycles. The Labute approximate surface area is 142 Å². The van der Waals surface area contributed by atoms with Gasteiger partial charge < -0.3 is 19.9 Å². The van der Waals surface area contributed by atoms with Gasteiger partial charge in [-0.3, -0.25) is 0 Å². The van der Waals surface area contributed by atoms with Crippen LogP contribution in [-0.2, 0) is 6.54 Å². The van der Waals surface area contributed by atoms with Crippen LogP contribution in [0.5, 0.6) is 5.75 Å². The van der Waals surface area contributed by atoms with Gasteiger partial charge in [-0.25, -0.2) is 4.79 Å². The van der Waals surface area contributed by atoms with Gasteiger partial charge in [0, 0.05) is 49.4 Å². The van der Waals surface area contributed by atoms with E-state index in [0.29, 0.717) is 24.2 Å². The molecule has 6 heteroatoms. The standard InChI is InChI=1S/C17H24ClN3O2/c1-2-23-16-11-14(18)4-3-13(16)12-19-17(22)21-10-9-20-7-5-15(21)6-8-20/h3-4,11,15H,2,5-10,12H2,1H3,(H,19,22). The minimum Gasteiger partial charge on any atom is -0.493 e. The van der Waals surface area contributed by atoms with Crippen LogP contribution in [0.1, 0.15) is 25.3 Å². The summed E-state index contributed by atoms with van der Waals surface area (Å²) in [6.07, 6.45) is 2.16. The van der Waals surface area contributed by atoms with E-state index in [1.54, 1.807) is 6.07 Å². The normalized spacial score (nSPS) is 23.5. The maximum atomic E-state index is 12.6. The number of amides is 2. The fourth-order valence-electron chi connectivity index (χ4n) is 3.39. The van der Waals surface area contributed by atoms with Crippen LogP contribution in [-0.4, -0.2) is 54.7 Å². The van der Waals surface area contributed by atoms with Gasteiger partial charge in [0.15, 0.2) is 0 Å². The minimum atomic E-state index is 0.0242. The molecular formula is C17H24ClN3O2. The van der Waals surface area contributed by atoms with Gasteiger partial charge in [-0.15, -0.1) is 0 Å². The number of benzene rings is 1. The van der Waals surface area contributed by atoms with Crippen molar-refractivity contribution in [1.82, 2.24) is 15.1 Å². The highest BCUT2D eigenvalue weighted by molar-refractivity contribution is 6.30. The summed E-state index contributed by atoms with van der Waals surface area (Å²) in [5, 5.41) is 3.68. The zero-order valence-electron chi connectivity index (χ0n) is 13.6. The van der Waals surface area contributed by atoms with Crippen molar-refractivity contribution < 1.29 is 9.53 Å². The average Bonchev–Trinajstić information content (AvgIpc) is 2.88. The summed E-state index contributed by atoms with van der Waals surface area (Å²) < 4.78 is 5.61. The lowest BCUT2D eigenvalue weighted by molar-refractivity contribution is 0.170. The Hall–Kier alpha value is -1.46. The highest BCUT2D eigenvalue weighted by Crippen LogP contribution is 2.24. The molecule has 2 amide bonds. The van der Waals surface area contributed by atoms with Crippen molar-refractivity contribution in [2.24, 2.45) is 0 Å². The number of halogens is 1. The molecule has 23 heavy (non-hydrogen) atoms. The Bertz CT molecular complexity index is 559. The number of rotatable bonds is 4. The van der Waals surface area contributed by atoms with Gasteiger partial charge in [0.25, 0.3) is 0 Å². The molecule has 3 aliphatic rings. The first-order valence-electron chi connectivity index (χ1n) is 8.35. The van der Waals surface area contributed by atoms with Crippen molar-refractivity contribution in [3.8, 4) is 5.75 Å². The van der Waals surface area contributed by atoms with Crippen molar-refractivity contribution in [3.05, 3.63) is 28.8 Å². The van der Waals surface area contributed by atoms with Crippen LogP contribution in [0.25, 0.3) is 0 Å². The second kappa shape index (κ2) is 7.41. The topological polar surface area (TPSA) is 44.8 Å². The number of fused-ring (bicyclic) bond motifs is 4. The number of ether oxygens (including phenoxy) is 1. The zero-order chi connectivity index (χ0) is 16.2. The Kier molecular flexibility index (Phi) is 5.28. The lowest BCUT2D eigenvalue weighted by Gasteiger charge is -2.31. The quantitative estimate of drug-likeness (QED) is 0.918. The molecule has 3 saturated heterocycles. The third-order valence-corrected chi connectivity index (χ3v) is 4.91. The van der Waals surface area contributed by atoms with Gasteiger partial charge in [-0.2, -0.15) is 0 Å². The summed E-state index contributed by atoms with van der Waals surface area (Å²) in [5.41, 5.74) is 0.951. The van der Waals surface area contributed by atoms with Crippen LogP contribution in [0.3, 0.4) is 0 Å². The Morgan fingerprint density at radius 3 is 2.83 bits per heavy atom. The van der Waals surface area contributed by atoms with Crippen molar-refractivity contribution in [1.29, 1.82) is 0 Å². The molecule has 3 heterocycles. The predicted octanol–water partition coefficient (Wildman–Crippen LogP) is 2.73. The molecule has 5 nitrogen and oxygen atoms in total. The molecule has 0 aromatic heterocycles. The first-order valence-corrected chi connectivity index (χ1v) is 8.73. The first-order chi connectivity index (χ1) is 11.2. The van der Waals surface area contributed by atoms with Crippen molar-refractivity contribution >= 4 is 17.6 Å². The molecule has 1 aromatic rings. The first kappa shape index (κ1) is 16.4. The van der Waals surface area contributed by atoms with Gasteiger partial charge in [0.05, 0.1) is 6.61 Å². The number of hydrogen-bond donors (Lipinski definition) is 1. The lowest BCUT2D eigenvalue weighted by Crippen LogP contribution is -2.46. The summed E-state index contributed by atoms with van der Waals surface area (Å²) in [6, 6.07) is 5.94. The molecule has 0 atom stereocenters. The Morgan fingerprint density at radius 1 is 1.30 bits per heavy atom. The number of nitrogens with zero attached hydrogens (tertiary/aromatic N) is 2. The predicted molar refractivity (Wildman–Crippen MR) is 91.0 cm³/mol. The zero-order valence-corrected chi connectivity index (χ0v) is 14.3. The van der Waals surface area contributed by atoms with E-state index < -0.39 is 0 Å². The minimum absolute atomic E-state index is 0.0242. The molecule has 0 saturated carbocycles. The van der Waals surface area contributed by atoms with Crippen LogP contribution in [0.4, 0.5) is 4.79 Å². The summed E-state index contributed by atoms with van der Waals surface area (Å²) in [6.45, 7) is 6.99. The summed E-state index contributed by atoms with van der Waals surface area (Å²) in [7, 11) is 0. The van der Waals surface area contributed by atoms with E-state index in [2.05, 4.69) is 10.2 Å². The molecule has 126 valence electrons. The maximum Gasteiger partial charge on any atom is 0.317 e. The molecule has 0 aliphatic carbocycles. The van der Waals surface area contributed by atoms with E-state index in [-0.39, 0.29) is 6.03 Å². The van der Waals surface area contributed by atoms with Gasteiger partial charge in [-0.05, 0) is 31.9 Å². The molecule has 0 unspecified atom stereocenters. The van der Waals surface area contributed by atoms with Crippen LogP contribution < -0.4 is 10.1 Å². The van der Waals surface area contributed by atoms with E-state index in [1.807, 2.05) is 24.0 Å². The third-order valence-electron chi connectivity index (χ3n) is 4.67. The van der Waals surface area contributed by atoms with Crippen LogP contribution in [0.2, 0.25) is 5.02 Å². The fourth-order valence-corrected chi connectivity index (χ4v) is 3.55. The number of piperidine rings is 1. The van der Waals surface area contributed by atoms with E-state index >= 15 is 0 Å². The monoisotopic (exact) mass is 337 g/mol. The van der Waals surface area contributed by atoms with Crippen molar-refractivity contribution in [2.75, 3.05) is 32.8 Å². The van der Waals surface area contributed by atoms with Gasteiger partial charge in [-0.1, -0.05) is 17.7 Å². The molecular weight excluding hydrogens is 314 g/mol. The van der Waals surface area contributed by atoms with Crippen LogP contribution in [0, 0.1) is 0 Å². The van der Waals surface area contributed by atoms with Gasteiger partial charge in [0.2, 0.25) is 0 Å². The van der Waals surface area contributed by atoms with Crippen molar-refractivity contribution in [3.63, 3.8) is 0 Å². The van der Waals surface area contributed by atoms with E-state index in [4.69, 9.17) is 16.3 Å². The Morgan fingerprint density at radius 2 is 2.09 bits per heavy atom. The number of hydrogen-bond acceptors (Lipinski definition) is 3. The second-order valence-electron chi connectivity index (χ2n) is 6.11. The van der Waals surface area contributed by atoms with E-state index in [1.165, 1.54) is 0 Å². The van der Waals surface area contributed by atoms with E-state index in [9.17, 15) is 4.79 Å². The van der Waals surface area contributed by atoms with Crippen LogP contribution >= 0.6 is 11.6 Å². The lowest BCUT2D eigenvalue weighted by atomic mass is 10.1. The SMILES string of the molecule is CCOc1cc(Cl)ccc1CNC(=O)N1CCN2CCC1CC2. The number of urea groups is 1. The van der Waals surface area contributed by atoms with Crippen LogP contribution in [0.15, 0.2) is 18.2 Å². The van der Waals surface area contributed by atoms with Gasteiger partial charge in [0.1, 0.15) is 5.75 Å². The van der Waals surface area contributed by atoms with Crippen molar-refractivity contribution in [2.45, 2.75) is 32.4 Å². The third kappa shape index (κ3) is 3.90. The number of carbonyl (C=O) groups is 1. The average molecular weight is 338 g/mol. The number of carbonyl (C=O) groups excluding carboxylic acids is 1. The molecule has 4 rings (SSSR count). The smallest absolute Gasteiger partial charge is 0.317 e. The molecule has 3 aliphatic heterocycles. The summed E-state index contributed by atoms with van der Waals surface area (Å²) >= 11 is 6.02. The molecule has 2 bridgehead atoms. The molecule has 0 radical (unpaired) electrons. The summed E-state index contributed by atoms with van der Waals surface area (Å²) in [5.74, 6) is 0.739.